The Bertz CT molecular complexity index is 1090. The van der Waals surface area contributed by atoms with E-state index in [0.717, 1.165) is 59.0 Å². The minimum absolute atomic E-state index is 0.00737. The van der Waals surface area contributed by atoms with Crippen molar-refractivity contribution >= 4 is 32.6 Å². The van der Waals surface area contributed by atoms with E-state index in [0.29, 0.717) is 13.2 Å². The number of nitrogens with zero attached hydrogens (tertiary/aromatic N) is 2. The quantitative estimate of drug-likeness (QED) is 0.519. The molecule has 2 heterocycles. The molecule has 6 heteroatoms. The van der Waals surface area contributed by atoms with E-state index < -0.39 is 0 Å². The van der Waals surface area contributed by atoms with E-state index in [1.165, 1.54) is 35.3 Å². The highest BCUT2D eigenvalue weighted by molar-refractivity contribution is 7.22. The Labute approximate surface area is 187 Å². The predicted octanol–water partition coefficient (Wildman–Crippen LogP) is 5.40. The summed E-state index contributed by atoms with van der Waals surface area (Å²) in [6.45, 7) is 3.90. The average Bonchev–Trinajstić information content (AvgIpc) is 3.46. The van der Waals surface area contributed by atoms with Crippen LogP contribution in [0.15, 0.2) is 36.4 Å². The van der Waals surface area contributed by atoms with Gasteiger partial charge in [0.2, 0.25) is 0 Å². The van der Waals surface area contributed by atoms with Gasteiger partial charge >= 0.3 is 0 Å². The van der Waals surface area contributed by atoms with Gasteiger partial charge in [-0.25, -0.2) is 4.98 Å². The lowest BCUT2D eigenvalue weighted by atomic mass is 9.90. The van der Waals surface area contributed by atoms with Crippen LogP contribution in [0.5, 0.6) is 5.75 Å². The molecule has 1 aromatic heterocycles. The van der Waals surface area contributed by atoms with Gasteiger partial charge in [-0.05, 0) is 86.9 Å². The van der Waals surface area contributed by atoms with Gasteiger partial charge in [-0.2, -0.15) is 0 Å². The summed E-state index contributed by atoms with van der Waals surface area (Å²) in [4.78, 5) is 20.3. The van der Waals surface area contributed by atoms with Crippen molar-refractivity contribution < 1.29 is 14.3 Å². The van der Waals surface area contributed by atoms with Crippen molar-refractivity contribution in [2.24, 2.45) is 0 Å². The first-order valence-corrected chi connectivity index (χ1v) is 12.1. The molecule has 1 amide bonds. The van der Waals surface area contributed by atoms with Crippen LogP contribution in [0.25, 0.3) is 10.2 Å². The second-order valence-corrected chi connectivity index (χ2v) is 9.31. The van der Waals surface area contributed by atoms with Crippen LogP contribution >= 0.6 is 11.3 Å². The first kappa shape index (κ1) is 20.5. The number of aryl methyl sites for hydroxylation is 2. The first-order chi connectivity index (χ1) is 15.2. The number of thiazole rings is 1. The van der Waals surface area contributed by atoms with Crippen LogP contribution in [0.2, 0.25) is 0 Å². The summed E-state index contributed by atoms with van der Waals surface area (Å²) in [5.41, 5.74) is 4.34. The van der Waals surface area contributed by atoms with Gasteiger partial charge in [0.25, 0.3) is 5.91 Å². The van der Waals surface area contributed by atoms with Crippen LogP contribution in [0.4, 0.5) is 5.13 Å². The third kappa shape index (κ3) is 4.32. The van der Waals surface area contributed by atoms with Gasteiger partial charge < -0.3 is 9.47 Å². The highest BCUT2D eigenvalue weighted by Crippen LogP contribution is 2.33. The Morgan fingerprint density at radius 2 is 2.03 bits per heavy atom. The molecular weight excluding hydrogens is 408 g/mol. The number of aromatic nitrogens is 1. The SMILES string of the molecule is CCOc1ccc2nc(N(CC3CCCO3)C(=O)c3ccc4c(c3)CCCC4)sc2c1. The van der Waals surface area contributed by atoms with E-state index in [1.807, 2.05) is 36.1 Å². The molecule has 1 fully saturated rings. The summed E-state index contributed by atoms with van der Waals surface area (Å²) in [6, 6.07) is 12.1. The van der Waals surface area contributed by atoms with Gasteiger partial charge in [0, 0.05) is 12.2 Å². The summed E-state index contributed by atoms with van der Waals surface area (Å²) in [6.07, 6.45) is 6.70. The molecule has 1 unspecified atom stereocenters. The maximum Gasteiger partial charge on any atom is 0.260 e. The van der Waals surface area contributed by atoms with Crippen LogP contribution in [-0.2, 0) is 17.6 Å². The molecule has 0 bridgehead atoms. The monoisotopic (exact) mass is 436 g/mol. The number of anilines is 1. The maximum atomic E-state index is 13.7. The molecule has 2 aliphatic rings. The van der Waals surface area contributed by atoms with Crippen molar-refractivity contribution in [1.29, 1.82) is 0 Å². The third-order valence-electron chi connectivity index (χ3n) is 6.14. The van der Waals surface area contributed by atoms with E-state index in [2.05, 4.69) is 12.1 Å². The molecule has 1 aliphatic carbocycles. The van der Waals surface area contributed by atoms with Crippen molar-refractivity contribution in [3.05, 3.63) is 53.1 Å². The summed E-state index contributed by atoms with van der Waals surface area (Å²) in [5, 5.41) is 0.724. The van der Waals surface area contributed by atoms with Gasteiger partial charge in [0.05, 0.1) is 29.5 Å². The van der Waals surface area contributed by atoms with Crippen LogP contribution in [-0.4, -0.2) is 36.8 Å². The van der Waals surface area contributed by atoms with Gasteiger partial charge in [-0.3, -0.25) is 9.69 Å². The normalized spacial score (nSPS) is 18.2. The van der Waals surface area contributed by atoms with Crippen molar-refractivity contribution in [1.82, 2.24) is 4.98 Å². The lowest BCUT2D eigenvalue weighted by molar-refractivity contribution is 0.0917. The molecule has 5 nitrogen and oxygen atoms in total. The van der Waals surface area contributed by atoms with E-state index in [-0.39, 0.29) is 12.0 Å². The van der Waals surface area contributed by atoms with E-state index in [1.54, 1.807) is 0 Å². The molecule has 3 aromatic rings. The lowest BCUT2D eigenvalue weighted by Gasteiger charge is -2.24. The maximum absolute atomic E-state index is 13.7. The first-order valence-electron chi connectivity index (χ1n) is 11.3. The fourth-order valence-electron chi connectivity index (χ4n) is 4.53. The molecule has 0 radical (unpaired) electrons. The summed E-state index contributed by atoms with van der Waals surface area (Å²) >= 11 is 1.54. The van der Waals surface area contributed by atoms with Crippen LogP contribution in [0, 0.1) is 0 Å². The zero-order chi connectivity index (χ0) is 21.2. The Morgan fingerprint density at radius 1 is 1.16 bits per heavy atom. The Morgan fingerprint density at radius 3 is 2.84 bits per heavy atom. The summed E-state index contributed by atoms with van der Waals surface area (Å²) < 4.78 is 12.5. The molecule has 0 N–H and O–H groups in total. The number of fused-ring (bicyclic) bond motifs is 2. The summed E-state index contributed by atoms with van der Waals surface area (Å²) in [5.74, 6) is 0.838. The topological polar surface area (TPSA) is 51.7 Å². The molecule has 1 atom stereocenters. The van der Waals surface area contributed by atoms with Gasteiger partial charge in [-0.15, -0.1) is 0 Å². The van der Waals surface area contributed by atoms with Crippen molar-refractivity contribution in [2.45, 2.75) is 51.6 Å². The Kier molecular flexibility index (Phi) is 5.92. The van der Waals surface area contributed by atoms with Crippen LogP contribution in [0.1, 0.15) is 54.1 Å². The third-order valence-corrected chi connectivity index (χ3v) is 7.18. The Balaban J connectivity index is 1.49. The van der Waals surface area contributed by atoms with Gasteiger partial charge in [0.15, 0.2) is 5.13 Å². The molecule has 31 heavy (non-hydrogen) atoms. The molecule has 0 spiro atoms. The lowest BCUT2D eigenvalue weighted by Crippen LogP contribution is -2.37. The largest absolute Gasteiger partial charge is 0.494 e. The number of rotatable bonds is 6. The predicted molar refractivity (Wildman–Crippen MR) is 125 cm³/mol. The van der Waals surface area contributed by atoms with E-state index in [4.69, 9.17) is 14.5 Å². The van der Waals surface area contributed by atoms with Crippen molar-refractivity contribution in [3.63, 3.8) is 0 Å². The number of hydrogen-bond donors (Lipinski definition) is 0. The highest BCUT2D eigenvalue weighted by atomic mass is 32.1. The number of amides is 1. The second kappa shape index (κ2) is 8.97. The zero-order valence-corrected chi connectivity index (χ0v) is 18.7. The molecule has 2 aromatic carbocycles. The number of ether oxygens (including phenoxy) is 2. The van der Waals surface area contributed by atoms with Gasteiger partial charge in [-0.1, -0.05) is 17.4 Å². The molecule has 1 aliphatic heterocycles. The number of benzene rings is 2. The molecule has 0 saturated carbocycles. The smallest absolute Gasteiger partial charge is 0.260 e. The highest BCUT2D eigenvalue weighted by Gasteiger charge is 2.27. The second-order valence-electron chi connectivity index (χ2n) is 8.30. The zero-order valence-electron chi connectivity index (χ0n) is 17.9. The number of hydrogen-bond acceptors (Lipinski definition) is 5. The molecule has 1 saturated heterocycles. The fraction of sp³-hybridized carbons (Fsp3) is 0.440. The van der Waals surface area contributed by atoms with Crippen molar-refractivity contribution in [2.75, 3.05) is 24.7 Å². The van der Waals surface area contributed by atoms with Crippen LogP contribution in [0.3, 0.4) is 0 Å². The number of carbonyl (C=O) groups excluding carboxylic acids is 1. The minimum Gasteiger partial charge on any atom is -0.494 e. The number of carbonyl (C=O) groups is 1. The molecule has 5 rings (SSSR count). The fourth-order valence-corrected chi connectivity index (χ4v) is 5.53. The van der Waals surface area contributed by atoms with E-state index >= 15 is 0 Å². The van der Waals surface area contributed by atoms with E-state index in [9.17, 15) is 4.79 Å². The van der Waals surface area contributed by atoms with Crippen LogP contribution < -0.4 is 9.64 Å². The Hall–Kier alpha value is -2.44. The average molecular weight is 437 g/mol. The molecular formula is C25H28N2O3S. The minimum atomic E-state index is 0.00737. The molecule has 162 valence electrons. The van der Waals surface area contributed by atoms with Gasteiger partial charge in [0.1, 0.15) is 5.75 Å². The summed E-state index contributed by atoms with van der Waals surface area (Å²) in [7, 11) is 0. The standard InChI is InChI=1S/C25H28N2O3S/c1-2-29-20-11-12-22-23(15-20)31-25(26-22)27(16-21-8-5-13-30-21)24(28)19-10-9-17-6-3-4-7-18(17)14-19/h9-12,14-15,21H,2-8,13,16H2,1H3. The van der Waals surface area contributed by atoms with Crippen molar-refractivity contribution in [3.8, 4) is 5.75 Å².